The molecule has 0 radical (unpaired) electrons. The Balaban J connectivity index is 1.58. The van der Waals surface area contributed by atoms with E-state index in [0.717, 1.165) is 20.6 Å². The molecule has 4 rings (SSSR count). The molecule has 0 bridgehead atoms. The van der Waals surface area contributed by atoms with Crippen molar-refractivity contribution in [3.8, 4) is 17.0 Å². The summed E-state index contributed by atoms with van der Waals surface area (Å²) in [7, 11) is 0. The zero-order valence-corrected chi connectivity index (χ0v) is 17.5. The van der Waals surface area contributed by atoms with Crippen molar-refractivity contribution in [1.29, 1.82) is 0 Å². The molecule has 1 unspecified atom stereocenters. The number of carbonyl (C=O) groups excluding carboxylic acids is 2. The van der Waals surface area contributed by atoms with Gasteiger partial charge in [-0.05, 0) is 56.3 Å². The van der Waals surface area contributed by atoms with Gasteiger partial charge in [-0.2, -0.15) is 0 Å². The molecule has 0 fully saturated rings. The van der Waals surface area contributed by atoms with Crippen LogP contribution in [0.4, 0.5) is 10.8 Å². The average molecular weight is 458 g/mol. The lowest BCUT2D eigenvalue weighted by molar-refractivity contribution is -0.122. The summed E-state index contributed by atoms with van der Waals surface area (Å²) in [6.07, 6.45) is -0.514. The molecule has 1 aromatic heterocycles. The lowest BCUT2D eigenvalue weighted by Crippen LogP contribution is -2.34. The Kier molecular flexibility index (Phi) is 4.91. The zero-order valence-electron chi connectivity index (χ0n) is 15.1. The van der Waals surface area contributed by atoms with E-state index in [-0.39, 0.29) is 11.8 Å². The number of thiazole rings is 1. The number of hydrogen-bond acceptors (Lipinski definition) is 5. The largest absolute Gasteiger partial charge is 0.479 e. The second-order valence-electron chi connectivity index (χ2n) is 6.35. The number of hydrogen-bond donors (Lipinski definition) is 2. The van der Waals surface area contributed by atoms with E-state index < -0.39 is 6.10 Å². The van der Waals surface area contributed by atoms with Crippen LogP contribution >= 0.6 is 27.3 Å². The van der Waals surface area contributed by atoms with Gasteiger partial charge in [-0.3, -0.25) is 14.9 Å². The molecule has 2 N–H and O–H groups in total. The number of fused-ring (bicyclic) bond motifs is 1. The molecule has 1 atom stereocenters. The van der Waals surface area contributed by atoms with Crippen molar-refractivity contribution in [3.63, 3.8) is 0 Å². The van der Waals surface area contributed by atoms with Gasteiger partial charge in [0.25, 0.3) is 11.8 Å². The minimum absolute atomic E-state index is 0.179. The molecule has 1 aliphatic heterocycles. The quantitative estimate of drug-likeness (QED) is 0.588. The molecule has 2 amide bonds. The van der Waals surface area contributed by atoms with Crippen molar-refractivity contribution >= 4 is 49.9 Å². The van der Waals surface area contributed by atoms with Gasteiger partial charge >= 0.3 is 0 Å². The minimum atomic E-state index is -0.514. The molecule has 142 valence electrons. The second kappa shape index (κ2) is 7.37. The maximum Gasteiger partial charge on any atom is 0.265 e. The lowest BCUT2D eigenvalue weighted by Gasteiger charge is -2.23. The third kappa shape index (κ3) is 3.65. The predicted molar refractivity (Wildman–Crippen MR) is 113 cm³/mol. The number of carbonyl (C=O) groups is 2. The predicted octanol–water partition coefficient (Wildman–Crippen LogP) is 4.85. The van der Waals surface area contributed by atoms with Crippen molar-refractivity contribution < 1.29 is 14.3 Å². The van der Waals surface area contributed by atoms with Crippen LogP contribution in [0.1, 0.15) is 22.2 Å². The number of nitrogens with zero attached hydrogens (tertiary/aromatic N) is 1. The summed E-state index contributed by atoms with van der Waals surface area (Å²) in [6.45, 7) is 3.65. The van der Waals surface area contributed by atoms with Crippen molar-refractivity contribution in [2.75, 3.05) is 10.6 Å². The summed E-state index contributed by atoms with van der Waals surface area (Å²) in [4.78, 5) is 29.8. The first-order chi connectivity index (χ1) is 13.4. The Labute approximate surface area is 174 Å². The van der Waals surface area contributed by atoms with Crippen LogP contribution in [0.15, 0.2) is 46.9 Å². The van der Waals surface area contributed by atoms with Crippen LogP contribution in [0.3, 0.4) is 0 Å². The summed E-state index contributed by atoms with van der Waals surface area (Å²) >= 11 is 4.76. The first-order valence-electron chi connectivity index (χ1n) is 8.57. The van der Waals surface area contributed by atoms with E-state index in [0.29, 0.717) is 22.1 Å². The molecular weight excluding hydrogens is 442 g/mol. The maximum atomic E-state index is 12.4. The smallest absolute Gasteiger partial charge is 0.265 e. The van der Waals surface area contributed by atoms with E-state index in [2.05, 4.69) is 31.5 Å². The fourth-order valence-corrected chi connectivity index (χ4v) is 3.94. The number of ether oxygens (including phenoxy) is 1. The molecular formula is C20H16BrN3O3S. The summed E-state index contributed by atoms with van der Waals surface area (Å²) in [5.41, 5.74) is 2.77. The van der Waals surface area contributed by atoms with Crippen molar-refractivity contribution in [2.45, 2.75) is 20.0 Å². The lowest BCUT2D eigenvalue weighted by atomic mass is 10.1. The first-order valence-corrected chi connectivity index (χ1v) is 10.2. The highest BCUT2D eigenvalue weighted by Crippen LogP contribution is 2.37. The SMILES string of the molecule is Cc1sc(NC(=O)c2ccc(Br)cc2)nc1-c1ccc2c(c1)NC(=O)C(C)O2. The van der Waals surface area contributed by atoms with Crippen LogP contribution < -0.4 is 15.4 Å². The number of halogens is 1. The van der Waals surface area contributed by atoms with Crippen LogP contribution in [0, 0.1) is 6.92 Å². The average Bonchev–Trinajstić information content (AvgIpc) is 3.03. The molecule has 6 nitrogen and oxygen atoms in total. The highest BCUT2D eigenvalue weighted by atomic mass is 79.9. The van der Waals surface area contributed by atoms with Gasteiger partial charge in [0, 0.05) is 20.5 Å². The van der Waals surface area contributed by atoms with Crippen LogP contribution in [0.2, 0.25) is 0 Å². The molecule has 0 saturated heterocycles. The van der Waals surface area contributed by atoms with Crippen LogP contribution in [-0.4, -0.2) is 22.9 Å². The van der Waals surface area contributed by atoms with Gasteiger partial charge in [-0.1, -0.05) is 15.9 Å². The number of benzene rings is 2. The Morgan fingerprint density at radius 2 is 2.00 bits per heavy atom. The molecule has 0 aliphatic carbocycles. The summed E-state index contributed by atoms with van der Waals surface area (Å²) in [5.74, 6) is 0.238. The van der Waals surface area contributed by atoms with Crippen LogP contribution in [0.5, 0.6) is 5.75 Å². The molecule has 3 aromatic rings. The topological polar surface area (TPSA) is 80.3 Å². The Morgan fingerprint density at radius 3 is 2.75 bits per heavy atom. The fourth-order valence-electron chi connectivity index (χ4n) is 2.84. The molecule has 8 heteroatoms. The Morgan fingerprint density at radius 1 is 1.25 bits per heavy atom. The van der Waals surface area contributed by atoms with E-state index in [1.807, 2.05) is 37.3 Å². The van der Waals surface area contributed by atoms with Gasteiger partial charge in [0.15, 0.2) is 11.2 Å². The standard InChI is InChI=1S/C20H16BrN3O3S/c1-10-18(25)22-15-9-13(5-8-16(15)27-10)17-11(2)28-20(23-17)24-19(26)12-3-6-14(21)7-4-12/h3-10H,1-2H3,(H,22,25)(H,23,24,26). The van der Waals surface area contributed by atoms with Gasteiger partial charge in [-0.25, -0.2) is 4.98 Å². The normalized spacial score (nSPS) is 15.4. The molecule has 28 heavy (non-hydrogen) atoms. The molecule has 2 aromatic carbocycles. The van der Waals surface area contributed by atoms with E-state index in [1.54, 1.807) is 19.1 Å². The third-order valence-electron chi connectivity index (χ3n) is 4.31. The monoisotopic (exact) mass is 457 g/mol. The molecule has 0 spiro atoms. The van der Waals surface area contributed by atoms with Gasteiger partial charge in [0.2, 0.25) is 0 Å². The summed E-state index contributed by atoms with van der Waals surface area (Å²) in [6, 6.07) is 12.7. The third-order valence-corrected chi connectivity index (χ3v) is 5.72. The number of aryl methyl sites for hydroxylation is 1. The number of nitrogens with one attached hydrogen (secondary N) is 2. The van der Waals surface area contributed by atoms with E-state index in [9.17, 15) is 9.59 Å². The maximum absolute atomic E-state index is 12.4. The van der Waals surface area contributed by atoms with Crippen molar-refractivity contribution in [1.82, 2.24) is 4.98 Å². The van der Waals surface area contributed by atoms with E-state index >= 15 is 0 Å². The van der Waals surface area contributed by atoms with Crippen molar-refractivity contribution in [2.24, 2.45) is 0 Å². The van der Waals surface area contributed by atoms with Crippen molar-refractivity contribution in [3.05, 3.63) is 57.4 Å². The summed E-state index contributed by atoms with van der Waals surface area (Å²) < 4.78 is 6.50. The highest BCUT2D eigenvalue weighted by Gasteiger charge is 2.24. The highest BCUT2D eigenvalue weighted by molar-refractivity contribution is 9.10. The van der Waals surface area contributed by atoms with Gasteiger partial charge in [0.05, 0.1) is 11.4 Å². The Hall–Kier alpha value is -2.71. The Bertz CT molecular complexity index is 1080. The first kappa shape index (κ1) is 18.6. The van der Waals surface area contributed by atoms with E-state index in [1.165, 1.54) is 11.3 Å². The number of anilines is 2. The molecule has 0 saturated carbocycles. The van der Waals surface area contributed by atoms with Gasteiger partial charge in [-0.15, -0.1) is 11.3 Å². The van der Waals surface area contributed by atoms with Gasteiger partial charge in [0.1, 0.15) is 5.75 Å². The minimum Gasteiger partial charge on any atom is -0.479 e. The van der Waals surface area contributed by atoms with Crippen LogP contribution in [-0.2, 0) is 4.79 Å². The molecule has 1 aliphatic rings. The second-order valence-corrected chi connectivity index (χ2v) is 8.46. The van der Waals surface area contributed by atoms with E-state index in [4.69, 9.17) is 4.74 Å². The van der Waals surface area contributed by atoms with Crippen LogP contribution in [0.25, 0.3) is 11.3 Å². The zero-order chi connectivity index (χ0) is 19.8. The number of amides is 2. The van der Waals surface area contributed by atoms with Gasteiger partial charge < -0.3 is 10.1 Å². The fraction of sp³-hybridized carbons (Fsp3) is 0.150. The number of rotatable bonds is 3. The summed E-state index contributed by atoms with van der Waals surface area (Å²) in [5, 5.41) is 6.21. The molecule has 2 heterocycles. The number of aromatic nitrogens is 1.